The molecule has 0 aromatic heterocycles. The van der Waals surface area contributed by atoms with Crippen LogP contribution in [-0.4, -0.2) is 52.0 Å². The minimum atomic E-state index is -3.10. The first-order chi connectivity index (χ1) is 18.6. The summed E-state index contributed by atoms with van der Waals surface area (Å²) in [7, 11) is -4.99. The number of fused-ring (bicyclic) bond motifs is 5. The van der Waals surface area contributed by atoms with Crippen LogP contribution in [0.15, 0.2) is 0 Å². The van der Waals surface area contributed by atoms with E-state index in [1.54, 1.807) is 0 Å². The van der Waals surface area contributed by atoms with E-state index in [0.717, 1.165) is 44.9 Å². The normalized spacial score (nSPS) is 46.4. The molecule has 0 aromatic carbocycles. The Hall–Kier alpha value is -0.0231. The summed E-state index contributed by atoms with van der Waals surface area (Å²) in [6, 6.07) is 0. The number of hydrogen-bond donors (Lipinski definition) is 2. The van der Waals surface area contributed by atoms with Gasteiger partial charge < -0.3 is 9.53 Å². The first kappa shape index (κ1) is 31.4. The molecule has 12 atom stereocenters. The molecule has 0 heterocycles. The number of alkyl halides is 1. The Bertz CT molecular complexity index is 1020. The van der Waals surface area contributed by atoms with Crippen molar-refractivity contribution < 1.29 is 22.3 Å². The fourth-order valence-electron chi connectivity index (χ4n) is 10.8. The average Bonchev–Trinajstić information content (AvgIpc) is 3.67. The van der Waals surface area contributed by atoms with Gasteiger partial charge >= 0.3 is 0 Å². The summed E-state index contributed by atoms with van der Waals surface area (Å²) in [6.45, 7) is 17.0. The van der Waals surface area contributed by atoms with Crippen LogP contribution in [0.4, 0.5) is 4.39 Å². The van der Waals surface area contributed by atoms with Crippen LogP contribution in [0.2, 0.25) is 19.6 Å². The lowest BCUT2D eigenvalue weighted by molar-refractivity contribution is -0.218. The van der Waals surface area contributed by atoms with Crippen LogP contribution in [0.25, 0.3) is 0 Å². The number of sulfonamides is 1. The number of nitrogens with one attached hydrogen (secondary N) is 1. The zero-order valence-corrected chi connectivity index (χ0v) is 28.1. The van der Waals surface area contributed by atoms with Gasteiger partial charge in [0.25, 0.3) is 0 Å². The quantitative estimate of drug-likeness (QED) is 0.211. The molecule has 5 aliphatic rings. The highest BCUT2D eigenvalue weighted by atomic mass is 32.2. The van der Waals surface area contributed by atoms with Gasteiger partial charge in [-0.15, -0.1) is 0 Å². The van der Waals surface area contributed by atoms with Crippen molar-refractivity contribution in [3.05, 3.63) is 0 Å². The van der Waals surface area contributed by atoms with Crippen molar-refractivity contribution in [1.29, 1.82) is 0 Å². The topological polar surface area (TPSA) is 75.6 Å². The second kappa shape index (κ2) is 11.2. The maximum absolute atomic E-state index is 16.0. The van der Waals surface area contributed by atoms with Crippen LogP contribution >= 0.6 is 0 Å². The van der Waals surface area contributed by atoms with Gasteiger partial charge in [-0.1, -0.05) is 34.1 Å². The zero-order chi connectivity index (χ0) is 29.3. The highest BCUT2D eigenvalue weighted by Crippen LogP contribution is 2.70. The van der Waals surface area contributed by atoms with E-state index in [2.05, 4.69) is 52.1 Å². The number of aliphatic hydroxyl groups is 1. The van der Waals surface area contributed by atoms with E-state index in [1.807, 2.05) is 0 Å². The lowest BCUT2D eigenvalue weighted by atomic mass is 9.41. The third kappa shape index (κ3) is 5.52. The molecular weight excluding hydrogens is 542 g/mol. The summed E-state index contributed by atoms with van der Waals surface area (Å²) in [5, 5.41) is 10.5. The molecule has 0 spiro atoms. The Morgan fingerprint density at radius 2 is 1.68 bits per heavy atom. The van der Waals surface area contributed by atoms with Crippen molar-refractivity contribution in [2.24, 2.45) is 52.3 Å². The summed E-state index contributed by atoms with van der Waals surface area (Å²) < 4.78 is 50.5. The van der Waals surface area contributed by atoms with Crippen LogP contribution < -0.4 is 4.72 Å². The molecule has 0 saturated heterocycles. The fourth-order valence-corrected chi connectivity index (χ4v) is 13.4. The molecule has 232 valence electrons. The van der Waals surface area contributed by atoms with Crippen molar-refractivity contribution >= 4 is 18.3 Å². The second-order valence-electron chi connectivity index (χ2n) is 16.1. The predicted octanol–water partition coefficient (Wildman–Crippen LogP) is 6.92. The standard InChI is InChI=1S/C32H58FNO4SSi/c1-8-22-28-29(33)26(35)16-18-32(28,4)25-15-17-31(3)23(13-14-24(31)27(25)30(22)38-40(5,6)7)20(2)10-9-19-34-39(36,37)21-11-12-21/h20-30,34-35H,8-19H2,1-7H3/t20-,22-,23-,24+,25+,26-,27+,28-,29+,30-,31-,32-/m1/s1. The van der Waals surface area contributed by atoms with Crippen molar-refractivity contribution in [2.45, 2.75) is 142 Å². The van der Waals surface area contributed by atoms with E-state index in [9.17, 15) is 13.5 Å². The monoisotopic (exact) mass is 599 g/mol. The van der Waals surface area contributed by atoms with Crippen LogP contribution in [0.3, 0.4) is 0 Å². The van der Waals surface area contributed by atoms with Gasteiger partial charge in [0.05, 0.1) is 17.5 Å². The van der Waals surface area contributed by atoms with E-state index in [4.69, 9.17) is 4.43 Å². The van der Waals surface area contributed by atoms with Gasteiger partial charge in [-0.25, -0.2) is 17.5 Å². The van der Waals surface area contributed by atoms with Gasteiger partial charge in [0.15, 0.2) is 8.32 Å². The van der Waals surface area contributed by atoms with Gasteiger partial charge in [0, 0.05) is 12.5 Å². The molecule has 0 aromatic rings. The molecule has 0 amide bonds. The third-order valence-electron chi connectivity index (χ3n) is 12.7. The minimum absolute atomic E-state index is 0.0763. The zero-order valence-electron chi connectivity index (χ0n) is 26.3. The second-order valence-corrected chi connectivity index (χ2v) is 22.6. The van der Waals surface area contributed by atoms with Crippen LogP contribution in [-0.2, 0) is 14.4 Å². The summed E-state index contributed by atoms with van der Waals surface area (Å²) in [6.07, 6.45) is 8.88. The van der Waals surface area contributed by atoms with Gasteiger partial charge in [-0.3, -0.25) is 0 Å². The number of aliphatic hydroxyl groups excluding tert-OH is 1. The van der Waals surface area contributed by atoms with Gasteiger partial charge in [-0.05, 0) is 130 Å². The molecule has 0 radical (unpaired) electrons. The molecule has 5 rings (SSSR count). The van der Waals surface area contributed by atoms with Crippen molar-refractivity contribution in [3.8, 4) is 0 Å². The highest BCUT2D eigenvalue weighted by Gasteiger charge is 2.67. The molecule has 5 saturated carbocycles. The lowest BCUT2D eigenvalue weighted by Gasteiger charge is -2.66. The van der Waals surface area contributed by atoms with Gasteiger partial charge in [0.2, 0.25) is 10.0 Å². The number of halogens is 1. The summed E-state index contributed by atoms with van der Waals surface area (Å²) >= 11 is 0. The Balaban J connectivity index is 1.37. The average molecular weight is 600 g/mol. The molecule has 5 aliphatic carbocycles. The van der Waals surface area contributed by atoms with Crippen LogP contribution in [0.5, 0.6) is 0 Å². The van der Waals surface area contributed by atoms with Crippen molar-refractivity contribution in [3.63, 3.8) is 0 Å². The molecule has 5 nitrogen and oxygen atoms in total. The summed E-state index contributed by atoms with van der Waals surface area (Å²) in [5.74, 6) is 2.73. The van der Waals surface area contributed by atoms with Crippen molar-refractivity contribution in [1.82, 2.24) is 4.72 Å². The molecule has 5 fully saturated rings. The molecule has 0 aliphatic heterocycles. The summed E-state index contributed by atoms with van der Waals surface area (Å²) in [4.78, 5) is 0. The highest BCUT2D eigenvalue weighted by molar-refractivity contribution is 7.90. The summed E-state index contributed by atoms with van der Waals surface area (Å²) in [5.41, 5.74) is 0.174. The van der Waals surface area contributed by atoms with Crippen molar-refractivity contribution in [2.75, 3.05) is 6.54 Å². The van der Waals surface area contributed by atoms with Crippen LogP contribution in [0.1, 0.15) is 98.3 Å². The Kier molecular flexibility index (Phi) is 8.76. The third-order valence-corrected chi connectivity index (χ3v) is 15.7. The fraction of sp³-hybridized carbons (Fsp3) is 1.00. The lowest BCUT2D eigenvalue weighted by Crippen LogP contribution is -2.66. The van der Waals surface area contributed by atoms with E-state index >= 15 is 4.39 Å². The molecule has 40 heavy (non-hydrogen) atoms. The number of hydrogen-bond acceptors (Lipinski definition) is 4. The first-order valence-electron chi connectivity index (χ1n) is 16.6. The molecule has 0 bridgehead atoms. The van der Waals surface area contributed by atoms with E-state index < -0.39 is 30.6 Å². The molecule has 8 heteroatoms. The Labute approximate surface area is 245 Å². The Morgan fingerprint density at radius 1 is 1.02 bits per heavy atom. The smallest absolute Gasteiger partial charge is 0.214 e. The SMILES string of the molecule is CC[C@H]1[C@@H](O[Si](C)(C)C)[C@@H]2[C@H](CC[C@]3(C)[C@@H]([C@H](C)CCCNS(=O)(=O)C4CC4)CC[C@@H]23)[C@@]2(C)CC[C@@H](O)[C@H](F)[C@@H]12. The maximum Gasteiger partial charge on any atom is 0.214 e. The Morgan fingerprint density at radius 3 is 2.30 bits per heavy atom. The number of rotatable bonds is 10. The minimum Gasteiger partial charge on any atom is -0.414 e. The molecule has 0 unspecified atom stereocenters. The predicted molar refractivity (Wildman–Crippen MR) is 163 cm³/mol. The largest absolute Gasteiger partial charge is 0.414 e. The van der Waals surface area contributed by atoms with Gasteiger partial charge in [-0.2, -0.15) is 0 Å². The van der Waals surface area contributed by atoms with Crippen LogP contribution in [0, 0.1) is 52.3 Å². The van der Waals surface area contributed by atoms with E-state index in [0.29, 0.717) is 42.6 Å². The first-order valence-corrected chi connectivity index (χ1v) is 21.6. The maximum atomic E-state index is 16.0. The molecule has 2 N–H and O–H groups in total. The van der Waals surface area contributed by atoms with Gasteiger partial charge in [0.1, 0.15) is 6.17 Å². The van der Waals surface area contributed by atoms with E-state index in [-0.39, 0.29) is 34.0 Å². The molecular formula is C32H58FNO4SSi. The van der Waals surface area contributed by atoms with E-state index in [1.165, 1.54) is 19.3 Å².